The third-order valence-electron chi connectivity index (χ3n) is 4.79. The third kappa shape index (κ3) is 6.11. The number of rotatable bonds is 7. The van der Waals surface area contributed by atoms with Crippen LogP contribution in [0.25, 0.3) is 0 Å². The molecule has 1 amide bonds. The second kappa shape index (κ2) is 9.69. The summed E-state index contributed by atoms with van der Waals surface area (Å²) in [5, 5.41) is 9.48. The maximum atomic E-state index is 12.4. The van der Waals surface area contributed by atoms with Crippen LogP contribution in [0, 0.1) is 0 Å². The number of carboxylic acids is 1. The summed E-state index contributed by atoms with van der Waals surface area (Å²) in [6.07, 6.45) is 2.83. The van der Waals surface area contributed by atoms with Gasteiger partial charge in [-0.2, -0.15) is 0 Å². The molecule has 0 saturated carbocycles. The number of carbonyl (C=O) groups excluding carboxylic acids is 2. The first-order chi connectivity index (χ1) is 12.4. The fourth-order valence-electron chi connectivity index (χ4n) is 3.27. The monoisotopic (exact) mass is 380 g/mol. The molecule has 0 spiro atoms. The third-order valence-corrected chi connectivity index (χ3v) is 5.04. The summed E-state index contributed by atoms with van der Waals surface area (Å²) in [6.45, 7) is 1.27. The van der Waals surface area contributed by atoms with Crippen LogP contribution in [0.1, 0.15) is 42.5 Å². The van der Waals surface area contributed by atoms with E-state index in [4.69, 9.17) is 16.7 Å². The lowest BCUT2D eigenvalue weighted by Crippen LogP contribution is -2.37. The highest BCUT2D eigenvalue weighted by Crippen LogP contribution is 2.17. The highest BCUT2D eigenvalue weighted by molar-refractivity contribution is 6.30. The maximum absolute atomic E-state index is 12.4. The van der Waals surface area contributed by atoms with Crippen LogP contribution in [-0.4, -0.2) is 65.3 Å². The van der Waals surface area contributed by atoms with Gasteiger partial charge in [-0.3, -0.25) is 19.3 Å². The molecule has 1 aromatic carbocycles. The minimum atomic E-state index is -0.842. The van der Waals surface area contributed by atoms with E-state index in [2.05, 4.69) is 0 Å². The zero-order chi connectivity index (χ0) is 19.1. The van der Waals surface area contributed by atoms with E-state index in [9.17, 15) is 14.4 Å². The normalized spacial score (nSPS) is 17.8. The van der Waals surface area contributed by atoms with Crippen LogP contribution in [-0.2, 0) is 9.59 Å². The Morgan fingerprint density at radius 3 is 2.50 bits per heavy atom. The summed E-state index contributed by atoms with van der Waals surface area (Å²) >= 11 is 5.81. The minimum Gasteiger partial charge on any atom is -0.480 e. The second-order valence-corrected chi connectivity index (χ2v) is 7.14. The number of likely N-dealkylation sites (N-methyl/N-ethyl adjacent to an activating group) is 1. The number of Topliss-reactive ketones (excluding diaryl/α,β-unsaturated/α-hetero) is 1. The van der Waals surface area contributed by atoms with Crippen molar-refractivity contribution in [1.29, 1.82) is 0 Å². The fourth-order valence-corrected chi connectivity index (χ4v) is 3.40. The van der Waals surface area contributed by atoms with Gasteiger partial charge >= 0.3 is 5.97 Å². The van der Waals surface area contributed by atoms with E-state index in [1.54, 1.807) is 36.2 Å². The number of hydrogen-bond donors (Lipinski definition) is 1. The van der Waals surface area contributed by atoms with Crippen molar-refractivity contribution in [1.82, 2.24) is 9.80 Å². The molecule has 0 bridgehead atoms. The van der Waals surface area contributed by atoms with Crippen LogP contribution in [0.3, 0.4) is 0 Å². The fraction of sp³-hybridized carbons (Fsp3) is 0.526. The van der Waals surface area contributed by atoms with Crippen molar-refractivity contribution < 1.29 is 19.5 Å². The topological polar surface area (TPSA) is 77.9 Å². The summed E-state index contributed by atoms with van der Waals surface area (Å²) in [4.78, 5) is 39.1. The lowest BCUT2D eigenvalue weighted by atomic mass is 10.1. The van der Waals surface area contributed by atoms with Crippen LogP contribution in [0.2, 0.25) is 5.02 Å². The Hall–Kier alpha value is -1.92. The van der Waals surface area contributed by atoms with Gasteiger partial charge in [-0.05, 0) is 50.6 Å². The number of nitrogens with zero attached hydrogens (tertiary/aromatic N) is 2. The van der Waals surface area contributed by atoms with Crippen molar-refractivity contribution in [2.24, 2.45) is 0 Å². The molecule has 6 nitrogen and oxygen atoms in total. The standard InChI is InChI=1S/C19H25ClN2O4/c1-21(13-19(25)26)16-3-2-11-22(12-10-16)18(24)9-8-17(23)14-4-6-15(20)7-5-14/h4-7,16H,2-3,8-13H2,1H3,(H,25,26). The number of likely N-dealkylation sites (tertiary alicyclic amines) is 1. The van der Waals surface area contributed by atoms with Gasteiger partial charge in [-0.15, -0.1) is 0 Å². The molecule has 1 fully saturated rings. The van der Waals surface area contributed by atoms with Gasteiger partial charge in [0.2, 0.25) is 5.91 Å². The SMILES string of the molecule is CN(CC(=O)O)C1CCCN(C(=O)CCC(=O)c2ccc(Cl)cc2)CC1. The number of halogens is 1. The Morgan fingerprint density at radius 2 is 1.85 bits per heavy atom. The van der Waals surface area contributed by atoms with Crippen molar-refractivity contribution in [2.75, 3.05) is 26.7 Å². The molecule has 1 N–H and O–H groups in total. The van der Waals surface area contributed by atoms with Crippen molar-refractivity contribution in [3.05, 3.63) is 34.9 Å². The molecule has 1 atom stereocenters. The Kier molecular flexibility index (Phi) is 7.60. The van der Waals surface area contributed by atoms with E-state index < -0.39 is 5.97 Å². The number of aliphatic carboxylic acids is 1. The largest absolute Gasteiger partial charge is 0.480 e. The molecule has 1 unspecified atom stereocenters. The van der Waals surface area contributed by atoms with E-state index in [0.717, 1.165) is 19.3 Å². The summed E-state index contributed by atoms with van der Waals surface area (Å²) < 4.78 is 0. The van der Waals surface area contributed by atoms with Crippen molar-refractivity contribution in [3.8, 4) is 0 Å². The summed E-state index contributed by atoms with van der Waals surface area (Å²) in [5.74, 6) is -0.928. The number of amides is 1. The number of hydrogen-bond acceptors (Lipinski definition) is 4. The molecule has 1 saturated heterocycles. The summed E-state index contributed by atoms with van der Waals surface area (Å²) in [5.41, 5.74) is 0.563. The van der Waals surface area contributed by atoms with E-state index >= 15 is 0 Å². The maximum Gasteiger partial charge on any atom is 0.317 e. The first-order valence-corrected chi connectivity index (χ1v) is 9.23. The molecule has 142 valence electrons. The molecule has 0 aromatic heterocycles. The molecular weight excluding hydrogens is 356 g/mol. The molecule has 0 aliphatic carbocycles. The lowest BCUT2D eigenvalue weighted by Gasteiger charge is -2.25. The van der Waals surface area contributed by atoms with E-state index in [-0.39, 0.29) is 37.1 Å². The summed E-state index contributed by atoms with van der Waals surface area (Å²) in [7, 11) is 1.81. The van der Waals surface area contributed by atoms with Crippen LogP contribution >= 0.6 is 11.6 Å². The Labute approximate surface area is 158 Å². The zero-order valence-corrected chi connectivity index (χ0v) is 15.7. The van der Waals surface area contributed by atoms with Gasteiger partial charge < -0.3 is 10.0 Å². The second-order valence-electron chi connectivity index (χ2n) is 6.70. The quantitative estimate of drug-likeness (QED) is 0.736. The van der Waals surface area contributed by atoms with Crippen LogP contribution < -0.4 is 0 Å². The van der Waals surface area contributed by atoms with E-state index in [1.807, 2.05) is 4.90 Å². The number of carbonyl (C=O) groups is 3. The Bertz CT molecular complexity index is 647. The van der Waals surface area contributed by atoms with E-state index in [0.29, 0.717) is 23.7 Å². The van der Waals surface area contributed by atoms with Crippen LogP contribution in [0.15, 0.2) is 24.3 Å². The molecular formula is C19H25ClN2O4. The van der Waals surface area contributed by atoms with Crippen LogP contribution in [0.5, 0.6) is 0 Å². The van der Waals surface area contributed by atoms with Gasteiger partial charge in [0, 0.05) is 42.6 Å². The van der Waals surface area contributed by atoms with Crippen molar-refractivity contribution in [2.45, 2.75) is 38.1 Å². The van der Waals surface area contributed by atoms with Gasteiger partial charge in [0.05, 0.1) is 6.54 Å². The first-order valence-electron chi connectivity index (χ1n) is 8.85. The number of carboxylic acid groups (broad SMARTS) is 1. The molecule has 1 aliphatic heterocycles. The van der Waals surface area contributed by atoms with Gasteiger partial charge in [-0.25, -0.2) is 0 Å². The Balaban J connectivity index is 1.81. The molecule has 0 radical (unpaired) electrons. The number of ketones is 1. The smallest absolute Gasteiger partial charge is 0.317 e. The predicted molar refractivity (Wildman–Crippen MR) is 99.5 cm³/mol. The average Bonchev–Trinajstić information content (AvgIpc) is 2.85. The Morgan fingerprint density at radius 1 is 1.15 bits per heavy atom. The highest BCUT2D eigenvalue weighted by Gasteiger charge is 2.24. The van der Waals surface area contributed by atoms with Crippen LogP contribution in [0.4, 0.5) is 0 Å². The first kappa shape index (κ1) is 20.4. The lowest BCUT2D eigenvalue weighted by molar-refractivity contribution is -0.138. The van der Waals surface area contributed by atoms with Crippen molar-refractivity contribution in [3.63, 3.8) is 0 Å². The van der Waals surface area contributed by atoms with Gasteiger partial charge in [0.15, 0.2) is 5.78 Å². The molecule has 7 heteroatoms. The minimum absolute atomic E-state index is 0.00814. The average molecular weight is 381 g/mol. The van der Waals surface area contributed by atoms with Gasteiger partial charge in [-0.1, -0.05) is 11.6 Å². The molecule has 26 heavy (non-hydrogen) atoms. The molecule has 1 aliphatic rings. The van der Waals surface area contributed by atoms with E-state index in [1.165, 1.54) is 0 Å². The van der Waals surface area contributed by atoms with Crippen molar-refractivity contribution >= 4 is 29.3 Å². The highest BCUT2D eigenvalue weighted by atomic mass is 35.5. The predicted octanol–water partition coefficient (Wildman–Crippen LogP) is 2.70. The summed E-state index contributed by atoms with van der Waals surface area (Å²) in [6, 6.07) is 6.84. The number of benzene rings is 1. The van der Waals surface area contributed by atoms with Gasteiger partial charge in [0.25, 0.3) is 0 Å². The zero-order valence-electron chi connectivity index (χ0n) is 15.0. The molecule has 1 aromatic rings. The molecule has 1 heterocycles. The molecule has 2 rings (SSSR count). The van der Waals surface area contributed by atoms with Gasteiger partial charge in [0.1, 0.15) is 0 Å².